The van der Waals surface area contributed by atoms with Crippen molar-refractivity contribution in [3.8, 4) is 11.5 Å². The van der Waals surface area contributed by atoms with Crippen LogP contribution < -0.4 is 20.8 Å². The molecule has 87 heavy (non-hydrogen) atoms. The molecule has 1 aliphatic rings. The van der Waals surface area contributed by atoms with Gasteiger partial charge in [0, 0.05) is 33.0 Å². The molecule has 15 heteroatoms. The number of nitrogens with zero attached hydrogens (tertiary/aromatic N) is 6. The molecule has 8 aromatic carbocycles. The normalized spacial score (nSPS) is 14.4. The Morgan fingerprint density at radius 2 is 1.13 bits per heavy atom. The minimum Gasteiger partial charge on any atom is -0.457 e. The average Bonchev–Trinajstić information content (AvgIpc) is 2.03. The summed E-state index contributed by atoms with van der Waals surface area (Å²) in [6.07, 6.45) is 5.65. The zero-order valence-electron chi connectivity index (χ0n) is 49.1. The molecule has 4 heterocycles. The summed E-state index contributed by atoms with van der Waals surface area (Å²) in [7, 11) is -0.482. The van der Waals surface area contributed by atoms with Crippen LogP contribution in [0.2, 0.25) is 0 Å². The molecule has 2 N–H and O–H groups in total. The van der Waals surface area contributed by atoms with Crippen LogP contribution in [0.15, 0.2) is 255 Å². The number of nitrogens with one attached hydrogen (secondary N) is 2. The van der Waals surface area contributed by atoms with E-state index in [0.717, 1.165) is 59.1 Å². The predicted molar refractivity (Wildman–Crippen MR) is 352 cm³/mol. The number of pyridine rings is 1. The molecule has 434 valence electrons. The van der Waals surface area contributed by atoms with Crippen LogP contribution in [-0.4, -0.2) is 66.8 Å². The van der Waals surface area contributed by atoms with Crippen LogP contribution in [0.3, 0.4) is 0 Å². The Morgan fingerprint density at radius 3 is 1.64 bits per heavy atom. The number of anilines is 1. The van der Waals surface area contributed by atoms with Crippen molar-refractivity contribution in [2.45, 2.75) is 75.9 Å². The van der Waals surface area contributed by atoms with E-state index in [9.17, 15) is 4.79 Å². The number of fused-ring (bicyclic) bond motifs is 1. The second-order valence-electron chi connectivity index (χ2n) is 22.9. The Kier molecular flexibility index (Phi) is 16.8. The van der Waals surface area contributed by atoms with E-state index in [-0.39, 0.29) is 12.6 Å². The zero-order chi connectivity index (χ0) is 60.0. The zero-order valence-corrected chi connectivity index (χ0v) is 51.3. The van der Waals surface area contributed by atoms with Crippen molar-refractivity contribution in [2.24, 2.45) is 0 Å². The summed E-state index contributed by atoms with van der Waals surface area (Å²) in [6.45, 7) is 10.6. The monoisotopic (exact) mass is 1260 g/mol. The standard InChI is InChI=1S/C72H66BIN8O5/c1-51(44-52-26-24-40-61(45-52)85-62-41-25-27-53(46-62)49-81-50-60(48-75-81)73-86-69(2,3)70(4,5)87-73)76-68(83)84-43-42-64(74)63-47-65(78-71(54-28-12-6-13-29-54,55-30-14-7-15-31-55)56-32-16-8-17-33-56)77-67-66(63)79-80-82(67)72(57-34-18-9-19-35-57,58-36-20-10-21-37-58)59-38-22-11-23-39-59/h6-42,45-48,50-51H,43-44,49H2,1-5H3,(H,76,83)(H,77,78). The molecule has 1 atom stereocenters. The summed E-state index contributed by atoms with van der Waals surface area (Å²) in [5.41, 5.74) is 7.88. The molecule has 1 unspecified atom stereocenters. The molecule has 12 rings (SSSR count). The molecule has 1 aliphatic heterocycles. The summed E-state index contributed by atoms with van der Waals surface area (Å²) in [5.74, 6) is 1.95. The van der Waals surface area contributed by atoms with Crippen LogP contribution in [0.25, 0.3) is 14.7 Å². The highest BCUT2D eigenvalue weighted by Crippen LogP contribution is 2.45. The highest BCUT2D eigenvalue weighted by Gasteiger charge is 2.52. The van der Waals surface area contributed by atoms with Gasteiger partial charge in [-0.15, -0.1) is 5.10 Å². The van der Waals surface area contributed by atoms with E-state index in [0.29, 0.717) is 41.4 Å². The van der Waals surface area contributed by atoms with Crippen molar-refractivity contribution >= 4 is 61.8 Å². The molecule has 0 aliphatic carbocycles. The minimum atomic E-state index is -1.03. The number of hydrogen-bond donors (Lipinski definition) is 2. The number of benzene rings is 8. The minimum absolute atomic E-state index is 0.0223. The largest absolute Gasteiger partial charge is 0.498 e. The average molecular weight is 1260 g/mol. The number of carbonyl (C=O) groups excluding carboxylic acids is 1. The van der Waals surface area contributed by atoms with E-state index in [1.807, 2.05) is 147 Å². The highest BCUT2D eigenvalue weighted by molar-refractivity contribution is 14.1. The Labute approximate surface area is 521 Å². The van der Waals surface area contributed by atoms with Gasteiger partial charge in [0.1, 0.15) is 40.5 Å². The summed E-state index contributed by atoms with van der Waals surface area (Å²) in [6, 6.07) is 80.1. The van der Waals surface area contributed by atoms with Crippen molar-refractivity contribution in [3.05, 3.63) is 305 Å². The summed E-state index contributed by atoms with van der Waals surface area (Å²) in [4.78, 5) is 19.2. The van der Waals surface area contributed by atoms with Crippen LogP contribution >= 0.6 is 22.6 Å². The first-order valence-corrected chi connectivity index (χ1v) is 30.3. The van der Waals surface area contributed by atoms with Gasteiger partial charge in [0.15, 0.2) is 5.65 Å². The highest BCUT2D eigenvalue weighted by atomic mass is 127. The van der Waals surface area contributed by atoms with Gasteiger partial charge >= 0.3 is 13.2 Å². The van der Waals surface area contributed by atoms with Crippen LogP contribution in [-0.2, 0) is 38.1 Å². The van der Waals surface area contributed by atoms with E-state index in [2.05, 4.69) is 184 Å². The molecule has 1 saturated heterocycles. The lowest BCUT2D eigenvalue weighted by Gasteiger charge is -2.38. The van der Waals surface area contributed by atoms with Crippen LogP contribution in [0.1, 0.15) is 84.7 Å². The Balaban J connectivity index is 0.814. The molecule has 0 spiro atoms. The fraction of sp³-hybridized carbons (Fsp3) is 0.181. The second kappa shape index (κ2) is 25.0. The molecule has 0 bridgehead atoms. The summed E-state index contributed by atoms with van der Waals surface area (Å²) >= 11 is 2.32. The third-order valence-electron chi connectivity index (χ3n) is 16.4. The quantitative estimate of drug-likeness (QED) is 0.0431. The van der Waals surface area contributed by atoms with Gasteiger partial charge in [-0.2, -0.15) is 5.10 Å². The number of alkyl carbamates (subject to hydrolysis) is 1. The Hall–Kier alpha value is -9.16. The maximum atomic E-state index is 13.6. The summed E-state index contributed by atoms with van der Waals surface area (Å²) in [5, 5.41) is 21.8. The molecule has 0 radical (unpaired) electrons. The fourth-order valence-corrected chi connectivity index (χ4v) is 12.1. The van der Waals surface area contributed by atoms with E-state index in [4.69, 9.17) is 34.1 Å². The van der Waals surface area contributed by atoms with Gasteiger partial charge < -0.3 is 29.4 Å². The van der Waals surface area contributed by atoms with E-state index >= 15 is 0 Å². The number of carbonyl (C=O) groups is 1. The molecule has 3 aromatic heterocycles. The number of amides is 1. The van der Waals surface area contributed by atoms with Crippen LogP contribution in [0, 0.1) is 0 Å². The lowest BCUT2D eigenvalue weighted by atomic mass is 9.77. The lowest BCUT2D eigenvalue weighted by Crippen LogP contribution is -2.41. The van der Waals surface area contributed by atoms with Gasteiger partial charge in [-0.05, 0) is 145 Å². The lowest BCUT2D eigenvalue weighted by molar-refractivity contribution is 0.00578. The molecule has 1 fully saturated rings. The first kappa shape index (κ1) is 58.2. The predicted octanol–water partition coefficient (Wildman–Crippen LogP) is 14.5. The number of hydrogen-bond acceptors (Lipinski definition) is 10. The number of aromatic nitrogens is 6. The topological polar surface area (TPSA) is 139 Å². The van der Waals surface area contributed by atoms with Gasteiger partial charge in [-0.1, -0.05) is 211 Å². The third-order valence-corrected chi connectivity index (χ3v) is 17.5. The van der Waals surface area contributed by atoms with E-state index in [1.54, 1.807) is 6.20 Å². The van der Waals surface area contributed by atoms with Gasteiger partial charge in [-0.25, -0.2) is 14.5 Å². The maximum absolute atomic E-state index is 13.6. The van der Waals surface area contributed by atoms with Crippen LogP contribution in [0.4, 0.5) is 10.6 Å². The third kappa shape index (κ3) is 12.1. The van der Waals surface area contributed by atoms with E-state index in [1.165, 1.54) is 0 Å². The fourth-order valence-electron chi connectivity index (χ4n) is 11.5. The summed E-state index contributed by atoms with van der Waals surface area (Å²) < 4.78 is 29.4. The number of halogens is 1. The van der Waals surface area contributed by atoms with Crippen molar-refractivity contribution in [1.82, 2.24) is 35.1 Å². The van der Waals surface area contributed by atoms with Crippen LogP contribution in [0.5, 0.6) is 11.5 Å². The van der Waals surface area contributed by atoms with Gasteiger partial charge in [0.05, 0.1) is 17.7 Å². The molecular formula is C72H66BIN8O5. The van der Waals surface area contributed by atoms with E-state index < -0.39 is 35.5 Å². The SMILES string of the molecule is CC(Cc1cccc(Oc2cccc(Cn3cc(B4OC(C)(C)C(C)(C)O4)cn3)c2)c1)NC(=O)OCC=C(I)c1cc(NC(c2ccccc2)(c2ccccc2)c2ccccc2)nc2c1nnn2C(c1ccccc1)(c1ccccc1)c1ccccc1. The first-order chi connectivity index (χ1) is 42.3. The molecule has 0 saturated carbocycles. The molecule has 1 amide bonds. The van der Waals surface area contributed by atoms with Crippen molar-refractivity contribution < 1.29 is 23.6 Å². The van der Waals surface area contributed by atoms with Crippen molar-refractivity contribution in [1.29, 1.82) is 0 Å². The molecule has 13 nitrogen and oxygen atoms in total. The first-order valence-electron chi connectivity index (χ1n) is 29.2. The Bertz CT molecular complexity index is 3960. The maximum Gasteiger partial charge on any atom is 0.498 e. The second-order valence-corrected chi connectivity index (χ2v) is 24.0. The van der Waals surface area contributed by atoms with Gasteiger partial charge in [-0.3, -0.25) is 4.68 Å². The number of ether oxygens (including phenoxy) is 2. The molecular weight excluding hydrogens is 1190 g/mol. The van der Waals surface area contributed by atoms with Crippen molar-refractivity contribution in [2.75, 3.05) is 11.9 Å². The van der Waals surface area contributed by atoms with Crippen molar-refractivity contribution in [3.63, 3.8) is 0 Å². The Morgan fingerprint density at radius 1 is 0.644 bits per heavy atom. The van der Waals surface area contributed by atoms with Gasteiger partial charge in [0.25, 0.3) is 0 Å². The number of rotatable bonds is 20. The smallest absolute Gasteiger partial charge is 0.457 e. The van der Waals surface area contributed by atoms with Gasteiger partial charge in [0.2, 0.25) is 0 Å². The molecule has 11 aromatic rings.